The second-order valence-electron chi connectivity index (χ2n) is 10.0. The lowest BCUT2D eigenvalue weighted by molar-refractivity contribution is 0.0346. The van der Waals surface area contributed by atoms with E-state index >= 15 is 0 Å². The summed E-state index contributed by atoms with van der Waals surface area (Å²) in [7, 11) is -1.90. The molecule has 3 atom stereocenters. The minimum atomic E-state index is -3.96. The van der Waals surface area contributed by atoms with Crippen LogP contribution >= 0.6 is 11.6 Å². The van der Waals surface area contributed by atoms with Crippen LogP contribution in [0.25, 0.3) is 0 Å². The monoisotopic (exact) mass is 535 g/mol. The first kappa shape index (κ1) is 26.7. The van der Waals surface area contributed by atoms with Crippen LogP contribution in [0.4, 0.5) is 5.69 Å². The van der Waals surface area contributed by atoms with E-state index < -0.39 is 16.1 Å². The Morgan fingerprint density at radius 2 is 1.89 bits per heavy atom. The fourth-order valence-electron chi connectivity index (χ4n) is 4.48. The van der Waals surface area contributed by atoms with Crippen LogP contribution in [0.5, 0.6) is 5.75 Å². The number of hydrogen-bond acceptors (Lipinski definition) is 6. The molecule has 0 saturated heterocycles. The van der Waals surface area contributed by atoms with E-state index in [0.717, 1.165) is 6.54 Å². The number of anilines is 1. The molecule has 2 aliphatic rings. The first-order valence-corrected chi connectivity index (χ1v) is 14.1. The first-order chi connectivity index (χ1) is 17.1. The molecular weight excluding hydrogens is 502 g/mol. The van der Waals surface area contributed by atoms with Crippen molar-refractivity contribution in [3.63, 3.8) is 0 Å². The average Bonchev–Trinajstić information content (AvgIpc) is 3.65. The van der Waals surface area contributed by atoms with Gasteiger partial charge < -0.3 is 19.6 Å². The Balaban J connectivity index is 1.72. The maximum absolute atomic E-state index is 13.6. The van der Waals surface area contributed by atoms with E-state index in [1.54, 1.807) is 30.0 Å². The SMILES string of the molecule is C[C@@H]1CN([C@H](C)CO)C(=O)c2cccc(NS(=O)(=O)c3ccc(Cl)cc3)c2O[C@H]1CN(C)CC1CC1. The van der Waals surface area contributed by atoms with Crippen LogP contribution in [-0.2, 0) is 10.0 Å². The van der Waals surface area contributed by atoms with Gasteiger partial charge in [-0.1, -0.05) is 24.6 Å². The number of nitrogens with zero attached hydrogens (tertiary/aromatic N) is 2. The van der Waals surface area contributed by atoms with Crippen LogP contribution in [0.15, 0.2) is 47.4 Å². The van der Waals surface area contributed by atoms with Crippen LogP contribution in [0.2, 0.25) is 5.02 Å². The predicted octanol–water partition coefficient (Wildman–Crippen LogP) is 3.70. The molecule has 0 radical (unpaired) electrons. The number of likely N-dealkylation sites (N-methyl/N-ethyl adjacent to an activating group) is 1. The predicted molar refractivity (Wildman–Crippen MR) is 140 cm³/mol. The third-order valence-electron chi connectivity index (χ3n) is 6.82. The van der Waals surface area contributed by atoms with E-state index in [2.05, 4.69) is 16.7 Å². The first-order valence-electron chi connectivity index (χ1n) is 12.3. The van der Waals surface area contributed by atoms with Gasteiger partial charge in [0.2, 0.25) is 0 Å². The Morgan fingerprint density at radius 1 is 1.19 bits per heavy atom. The maximum atomic E-state index is 13.6. The number of carbonyl (C=O) groups excluding carboxylic acids is 1. The number of ether oxygens (including phenoxy) is 1. The highest BCUT2D eigenvalue weighted by Crippen LogP contribution is 2.36. The Bertz CT molecular complexity index is 1190. The molecule has 196 valence electrons. The number of nitrogens with one attached hydrogen (secondary N) is 1. The molecule has 2 aromatic carbocycles. The standard InChI is InChI=1S/C26H34ClN3O5S/c1-17-13-30(18(2)16-31)26(32)22-5-4-6-23(28-36(33,34)21-11-9-20(27)10-12-21)25(22)35-24(17)15-29(3)14-19-7-8-19/h4-6,9-12,17-19,24,28,31H,7-8,13-16H2,1-3H3/t17-,18-,24+/m1/s1. The van der Waals surface area contributed by atoms with E-state index in [-0.39, 0.29) is 46.4 Å². The summed E-state index contributed by atoms with van der Waals surface area (Å²) in [6.07, 6.45) is 2.18. The second kappa shape index (κ2) is 11.0. The average molecular weight is 536 g/mol. The number of sulfonamides is 1. The molecule has 0 bridgehead atoms. The summed E-state index contributed by atoms with van der Waals surface area (Å²) in [6, 6.07) is 10.3. The van der Waals surface area contributed by atoms with Gasteiger partial charge in [-0.25, -0.2) is 8.42 Å². The highest BCUT2D eigenvalue weighted by atomic mass is 35.5. The largest absolute Gasteiger partial charge is 0.486 e. The van der Waals surface area contributed by atoms with Gasteiger partial charge in [-0.05, 0) is 69.1 Å². The molecule has 2 N–H and O–H groups in total. The molecule has 4 rings (SSSR count). The zero-order valence-electron chi connectivity index (χ0n) is 20.9. The van der Waals surface area contributed by atoms with Crippen LogP contribution in [0.1, 0.15) is 37.0 Å². The quantitative estimate of drug-likeness (QED) is 0.508. The fraction of sp³-hybridized carbons (Fsp3) is 0.500. The molecule has 1 amide bonds. The number of para-hydroxylation sites is 1. The highest BCUT2D eigenvalue weighted by molar-refractivity contribution is 7.92. The number of benzene rings is 2. The van der Waals surface area contributed by atoms with Gasteiger partial charge in [0.25, 0.3) is 15.9 Å². The van der Waals surface area contributed by atoms with Gasteiger partial charge in [-0.2, -0.15) is 0 Å². The molecule has 1 aliphatic carbocycles. The minimum absolute atomic E-state index is 0.0475. The van der Waals surface area contributed by atoms with E-state index in [9.17, 15) is 18.3 Å². The topological polar surface area (TPSA) is 99.2 Å². The summed E-state index contributed by atoms with van der Waals surface area (Å²) in [5, 5.41) is 10.3. The Hall–Kier alpha value is -2.33. The molecule has 1 heterocycles. The van der Waals surface area contributed by atoms with Gasteiger partial charge in [0.05, 0.1) is 28.8 Å². The van der Waals surface area contributed by atoms with E-state index in [4.69, 9.17) is 16.3 Å². The number of rotatable bonds is 9. The van der Waals surface area contributed by atoms with Gasteiger partial charge in [-0.15, -0.1) is 0 Å². The van der Waals surface area contributed by atoms with Gasteiger partial charge in [0.15, 0.2) is 5.75 Å². The molecule has 8 nitrogen and oxygen atoms in total. The van der Waals surface area contributed by atoms with Gasteiger partial charge in [-0.3, -0.25) is 9.52 Å². The molecule has 0 aromatic heterocycles. The summed E-state index contributed by atoms with van der Waals surface area (Å²) in [6.45, 7) is 5.66. The maximum Gasteiger partial charge on any atom is 0.262 e. The van der Waals surface area contributed by atoms with Crippen molar-refractivity contribution >= 4 is 33.2 Å². The lowest BCUT2D eigenvalue weighted by atomic mass is 9.99. The third-order valence-corrected chi connectivity index (χ3v) is 8.45. The van der Waals surface area contributed by atoms with Crippen molar-refractivity contribution in [3.8, 4) is 5.75 Å². The van der Waals surface area contributed by atoms with Gasteiger partial charge in [0, 0.05) is 30.6 Å². The molecule has 0 unspecified atom stereocenters. The van der Waals surface area contributed by atoms with E-state index in [1.807, 2.05) is 6.92 Å². The zero-order chi connectivity index (χ0) is 26.0. The number of aliphatic hydroxyl groups is 1. The van der Waals surface area contributed by atoms with Crippen molar-refractivity contribution in [3.05, 3.63) is 53.1 Å². The summed E-state index contributed by atoms with van der Waals surface area (Å²) >= 11 is 5.92. The molecule has 36 heavy (non-hydrogen) atoms. The van der Waals surface area contributed by atoms with Crippen LogP contribution in [0.3, 0.4) is 0 Å². The molecule has 1 fully saturated rings. The zero-order valence-corrected chi connectivity index (χ0v) is 22.4. The van der Waals surface area contributed by atoms with Crippen molar-refractivity contribution in [2.45, 2.75) is 43.7 Å². The van der Waals surface area contributed by atoms with Crippen molar-refractivity contribution in [2.75, 3.05) is 38.0 Å². The third kappa shape index (κ3) is 6.14. The number of hydrogen-bond donors (Lipinski definition) is 2. The second-order valence-corrected chi connectivity index (χ2v) is 12.1. The minimum Gasteiger partial charge on any atom is -0.486 e. The Labute approximate surface area is 218 Å². The number of halogens is 1. The van der Waals surface area contributed by atoms with Crippen LogP contribution < -0.4 is 9.46 Å². The number of fused-ring (bicyclic) bond motifs is 1. The number of aliphatic hydroxyl groups excluding tert-OH is 1. The van der Waals surface area contributed by atoms with Crippen molar-refractivity contribution in [1.82, 2.24) is 9.80 Å². The summed E-state index contributed by atoms with van der Waals surface area (Å²) in [5.41, 5.74) is 0.449. The molecular formula is C26H34ClN3O5S. The lowest BCUT2D eigenvalue weighted by Crippen LogP contribution is -2.50. The van der Waals surface area contributed by atoms with Crippen molar-refractivity contribution in [1.29, 1.82) is 0 Å². The summed E-state index contributed by atoms with van der Waals surface area (Å²) in [4.78, 5) is 17.5. The fourth-order valence-corrected chi connectivity index (χ4v) is 5.67. The highest BCUT2D eigenvalue weighted by Gasteiger charge is 2.35. The lowest BCUT2D eigenvalue weighted by Gasteiger charge is -2.38. The molecule has 1 aliphatic heterocycles. The van der Waals surface area contributed by atoms with Gasteiger partial charge >= 0.3 is 0 Å². The van der Waals surface area contributed by atoms with Crippen LogP contribution in [-0.4, -0.2) is 74.7 Å². The molecule has 10 heteroatoms. The smallest absolute Gasteiger partial charge is 0.262 e. The normalized spacial score (nSPS) is 21.4. The van der Waals surface area contributed by atoms with E-state index in [1.165, 1.54) is 37.1 Å². The van der Waals surface area contributed by atoms with E-state index in [0.29, 0.717) is 24.0 Å². The Kier molecular flexibility index (Phi) is 8.14. The van der Waals surface area contributed by atoms with Crippen LogP contribution in [0, 0.1) is 11.8 Å². The van der Waals surface area contributed by atoms with Gasteiger partial charge in [0.1, 0.15) is 6.10 Å². The van der Waals surface area contributed by atoms with Crippen molar-refractivity contribution < 1.29 is 23.1 Å². The Morgan fingerprint density at radius 3 is 2.53 bits per heavy atom. The molecule has 1 saturated carbocycles. The molecule has 2 aromatic rings. The summed E-state index contributed by atoms with van der Waals surface area (Å²) < 4.78 is 35.4. The number of amides is 1. The molecule has 0 spiro atoms. The van der Waals surface area contributed by atoms with Crippen molar-refractivity contribution in [2.24, 2.45) is 11.8 Å². The summed E-state index contributed by atoms with van der Waals surface area (Å²) in [5.74, 6) is 0.543. The number of carbonyl (C=O) groups is 1.